The number of hydrogen-bond acceptors (Lipinski definition) is 6. The minimum atomic E-state index is -0.249. The van der Waals surface area contributed by atoms with Crippen molar-refractivity contribution < 1.29 is 14.3 Å². The number of carbonyl (C=O) groups excluding carboxylic acids is 1. The minimum absolute atomic E-state index is 0.199. The lowest BCUT2D eigenvalue weighted by Crippen LogP contribution is -2.08. The lowest BCUT2D eigenvalue weighted by molar-refractivity contribution is 0.0474. The minimum Gasteiger partial charge on any atom is -0.497 e. The van der Waals surface area contributed by atoms with Crippen LogP contribution in [0, 0.1) is 5.92 Å². The molecule has 0 saturated heterocycles. The van der Waals surface area contributed by atoms with E-state index in [2.05, 4.69) is 11.9 Å². The zero-order valence-electron chi connectivity index (χ0n) is 15.4. The van der Waals surface area contributed by atoms with Crippen LogP contribution < -0.4 is 4.74 Å². The number of carbonyl (C=O) groups is 1. The summed E-state index contributed by atoms with van der Waals surface area (Å²) in [6.45, 7) is 2.46. The summed E-state index contributed by atoms with van der Waals surface area (Å²) in [5.74, 6) is 1.26. The molecule has 1 aliphatic carbocycles. The smallest absolute Gasteiger partial charge is 0.348 e. The molecule has 1 aromatic carbocycles. The first-order valence-electron chi connectivity index (χ1n) is 9.00. The second kappa shape index (κ2) is 7.82. The molecule has 0 aliphatic heterocycles. The predicted molar refractivity (Wildman–Crippen MR) is 109 cm³/mol. The number of aryl methyl sites for hydroxylation is 1. The average molecular weight is 400 g/mol. The van der Waals surface area contributed by atoms with Crippen molar-refractivity contribution in [2.24, 2.45) is 5.92 Å². The first-order valence-corrected chi connectivity index (χ1v) is 10.7. The fourth-order valence-electron chi connectivity index (χ4n) is 3.26. The van der Waals surface area contributed by atoms with Crippen molar-refractivity contribution >= 4 is 28.6 Å². The van der Waals surface area contributed by atoms with Gasteiger partial charge in [-0.3, -0.25) is 0 Å². The van der Waals surface area contributed by atoms with Crippen molar-refractivity contribution in [2.75, 3.05) is 7.11 Å². The molecule has 0 saturated carbocycles. The van der Waals surface area contributed by atoms with Gasteiger partial charge in [-0.2, -0.15) is 0 Å². The molecule has 2 aromatic heterocycles. The highest BCUT2D eigenvalue weighted by atomic mass is 32.1. The summed E-state index contributed by atoms with van der Waals surface area (Å²) < 4.78 is 10.7. The Morgan fingerprint density at radius 1 is 1.30 bits per heavy atom. The van der Waals surface area contributed by atoms with Gasteiger partial charge in [-0.15, -0.1) is 22.7 Å². The highest BCUT2D eigenvalue weighted by Gasteiger charge is 2.21. The van der Waals surface area contributed by atoms with E-state index in [0.29, 0.717) is 10.8 Å². The lowest BCUT2D eigenvalue weighted by atomic mass is 9.90. The molecule has 140 valence electrons. The van der Waals surface area contributed by atoms with E-state index in [4.69, 9.17) is 9.47 Å². The fourth-order valence-corrected chi connectivity index (χ4v) is 5.17. The molecular weight excluding hydrogens is 378 g/mol. The number of hydrogen-bond donors (Lipinski definition) is 0. The zero-order valence-corrected chi connectivity index (χ0v) is 17.0. The Bertz CT molecular complexity index is 943. The van der Waals surface area contributed by atoms with Gasteiger partial charge >= 0.3 is 5.97 Å². The molecule has 1 atom stereocenters. The third-order valence-electron chi connectivity index (χ3n) is 4.77. The van der Waals surface area contributed by atoms with Crippen LogP contribution >= 0.6 is 22.7 Å². The molecule has 1 aliphatic rings. The van der Waals surface area contributed by atoms with Crippen LogP contribution in [0.1, 0.15) is 39.2 Å². The topological polar surface area (TPSA) is 48.4 Å². The Labute approximate surface area is 166 Å². The van der Waals surface area contributed by atoms with Crippen LogP contribution in [0.4, 0.5) is 0 Å². The van der Waals surface area contributed by atoms with Crippen molar-refractivity contribution in [3.05, 3.63) is 56.7 Å². The molecule has 2 heterocycles. The Hall–Kier alpha value is -2.18. The van der Waals surface area contributed by atoms with Gasteiger partial charge in [0, 0.05) is 15.8 Å². The molecule has 0 amide bonds. The van der Waals surface area contributed by atoms with Crippen molar-refractivity contribution in [1.29, 1.82) is 0 Å². The Kier molecular flexibility index (Phi) is 5.27. The number of fused-ring (bicyclic) bond motifs is 1. The van der Waals surface area contributed by atoms with Gasteiger partial charge in [-0.05, 0) is 61.1 Å². The Morgan fingerprint density at radius 3 is 2.89 bits per heavy atom. The zero-order chi connectivity index (χ0) is 18.8. The third kappa shape index (κ3) is 4.06. The normalized spacial score (nSPS) is 16.0. The van der Waals surface area contributed by atoms with Crippen molar-refractivity contribution in [1.82, 2.24) is 4.98 Å². The third-order valence-corrected chi connectivity index (χ3v) is 6.93. The SMILES string of the molecule is COc1ccc(-c2nc(COC(=O)c3cc4c(s3)CC[C@@H](C)C4)cs2)cc1. The van der Waals surface area contributed by atoms with E-state index in [1.807, 2.05) is 35.7 Å². The summed E-state index contributed by atoms with van der Waals surface area (Å²) in [5.41, 5.74) is 3.12. The maximum absolute atomic E-state index is 12.4. The lowest BCUT2D eigenvalue weighted by Gasteiger charge is -2.16. The first kappa shape index (κ1) is 18.2. The molecule has 4 nitrogen and oxygen atoms in total. The van der Waals surface area contributed by atoms with E-state index in [1.54, 1.807) is 29.8 Å². The van der Waals surface area contributed by atoms with Crippen LogP contribution in [0.15, 0.2) is 35.7 Å². The molecule has 0 N–H and O–H groups in total. The van der Waals surface area contributed by atoms with Crippen LogP contribution in [0.2, 0.25) is 0 Å². The van der Waals surface area contributed by atoms with Crippen molar-refractivity contribution in [3.8, 4) is 16.3 Å². The van der Waals surface area contributed by atoms with E-state index in [0.717, 1.165) is 34.9 Å². The van der Waals surface area contributed by atoms with E-state index in [9.17, 15) is 4.79 Å². The van der Waals surface area contributed by atoms with Crippen molar-refractivity contribution in [2.45, 2.75) is 32.8 Å². The maximum Gasteiger partial charge on any atom is 0.348 e. The molecule has 0 unspecified atom stereocenters. The standard InChI is InChI=1S/C21H21NO3S2/c1-13-3-8-18-15(9-13)10-19(27-18)21(23)25-11-16-12-26-20(22-16)14-4-6-17(24-2)7-5-14/h4-7,10,12-13H,3,8-9,11H2,1-2H3/t13-/m1/s1. The van der Waals surface area contributed by atoms with Gasteiger partial charge in [-0.25, -0.2) is 9.78 Å². The van der Waals surface area contributed by atoms with Gasteiger partial charge in [0.2, 0.25) is 0 Å². The number of ether oxygens (including phenoxy) is 2. The highest BCUT2D eigenvalue weighted by molar-refractivity contribution is 7.14. The summed E-state index contributed by atoms with van der Waals surface area (Å²) in [6, 6.07) is 9.79. The van der Waals surface area contributed by atoms with Gasteiger partial charge in [0.05, 0.1) is 12.8 Å². The van der Waals surface area contributed by atoms with Crippen LogP contribution in [0.3, 0.4) is 0 Å². The predicted octanol–water partition coefficient (Wildman–Crippen LogP) is 5.36. The number of nitrogens with zero attached hydrogens (tertiary/aromatic N) is 1. The number of methoxy groups -OCH3 is 1. The van der Waals surface area contributed by atoms with Crippen LogP contribution in [-0.4, -0.2) is 18.1 Å². The number of benzene rings is 1. The largest absolute Gasteiger partial charge is 0.497 e. The molecule has 0 radical (unpaired) electrons. The number of rotatable bonds is 5. The molecular formula is C21H21NO3S2. The van der Waals surface area contributed by atoms with E-state index in [1.165, 1.54) is 16.9 Å². The highest BCUT2D eigenvalue weighted by Crippen LogP contribution is 2.32. The summed E-state index contributed by atoms with van der Waals surface area (Å²) in [5, 5.41) is 2.85. The summed E-state index contributed by atoms with van der Waals surface area (Å²) in [7, 11) is 1.65. The van der Waals surface area contributed by atoms with Gasteiger partial charge in [0.15, 0.2) is 0 Å². The molecule has 3 aromatic rings. The van der Waals surface area contributed by atoms with Gasteiger partial charge in [0.25, 0.3) is 0 Å². The Balaban J connectivity index is 1.39. The summed E-state index contributed by atoms with van der Waals surface area (Å²) in [4.78, 5) is 19.0. The Morgan fingerprint density at radius 2 is 2.11 bits per heavy atom. The summed E-state index contributed by atoms with van der Waals surface area (Å²) >= 11 is 3.13. The van der Waals surface area contributed by atoms with Crippen LogP contribution in [-0.2, 0) is 24.2 Å². The molecule has 27 heavy (non-hydrogen) atoms. The van der Waals surface area contributed by atoms with Gasteiger partial charge in [-0.1, -0.05) is 6.92 Å². The van der Waals surface area contributed by atoms with E-state index in [-0.39, 0.29) is 12.6 Å². The quantitative estimate of drug-likeness (QED) is 0.542. The van der Waals surface area contributed by atoms with Crippen molar-refractivity contribution in [3.63, 3.8) is 0 Å². The van der Waals surface area contributed by atoms with E-state index >= 15 is 0 Å². The monoisotopic (exact) mass is 399 g/mol. The van der Waals surface area contributed by atoms with Gasteiger partial charge in [0.1, 0.15) is 22.2 Å². The van der Waals surface area contributed by atoms with Crippen LogP contribution in [0.25, 0.3) is 10.6 Å². The molecule has 0 fully saturated rings. The number of esters is 1. The van der Waals surface area contributed by atoms with Crippen LogP contribution in [0.5, 0.6) is 5.75 Å². The second-order valence-electron chi connectivity index (χ2n) is 6.86. The fraction of sp³-hybridized carbons (Fsp3) is 0.333. The molecule has 6 heteroatoms. The second-order valence-corrected chi connectivity index (χ2v) is 8.85. The molecule has 4 rings (SSSR count). The number of thiazole rings is 1. The maximum atomic E-state index is 12.4. The average Bonchev–Trinajstić information content (AvgIpc) is 3.33. The number of aromatic nitrogens is 1. The van der Waals surface area contributed by atoms with E-state index < -0.39 is 0 Å². The van der Waals surface area contributed by atoms with Gasteiger partial charge < -0.3 is 9.47 Å². The summed E-state index contributed by atoms with van der Waals surface area (Å²) in [6.07, 6.45) is 3.34. The molecule has 0 spiro atoms. The number of thiophene rings is 1. The first-order chi connectivity index (χ1) is 13.1. The molecule has 0 bridgehead atoms.